The largest absolute Gasteiger partial charge is 0.469 e. The fraction of sp³-hybridized carbons (Fsp3) is 0.556. The number of allylic oxidation sites excluding steroid dienone is 2. The Hall–Kier alpha value is -1.73. The maximum atomic E-state index is 13.2. The molecular weight excluding hydrogens is 373 g/mol. The first kappa shape index (κ1) is 21.6. The maximum Gasteiger partial charge on any atom is 0.360 e. The minimum absolute atomic E-state index is 0.0667. The summed E-state index contributed by atoms with van der Waals surface area (Å²) in [5.41, 5.74) is -0.137. The molecular formula is C18H26NO7P. The molecule has 27 heavy (non-hydrogen) atoms. The van der Waals surface area contributed by atoms with Crippen LogP contribution in [0.3, 0.4) is 0 Å². The van der Waals surface area contributed by atoms with Crippen LogP contribution in [0.2, 0.25) is 0 Å². The molecule has 0 aromatic heterocycles. The van der Waals surface area contributed by atoms with Gasteiger partial charge in [0.05, 0.1) is 15.8 Å². The second kappa shape index (κ2) is 8.10. The van der Waals surface area contributed by atoms with Crippen molar-refractivity contribution in [2.45, 2.75) is 51.9 Å². The summed E-state index contributed by atoms with van der Waals surface area (Å²) in [6.07, 6.45) is -0.411. The molecule has 150 valence electrons. The van der Waals surface area contributed by atoms with Gasteiger partial charge in [-0.05, 0) is 27.7 Å². The van der Waals surface area contributed by atoms with Crippen LogP contribution in [0.4, 0.5) is 5.69 Å². The molecule has 0 radical (unpaired) electrons. The first-order valence-corrected chi connectivity index (χ1v) is 10.1. The zero-order valence-electron chi connectivity index (χ0n) is 16.4. The molecule has 1 aliphatic rings. The zero-order valence-corrected chi connectivity index (χ0v) is 17.3. The molecule has 0 amide bonds. The lowest BCUT2D eigenvalue weighted by atomic mass is 9.91. The van der Waals surface area contributed by atoms with Crippen LogP contribution >= 0.6 is 7.60 Å². The second-order valence-corrected chi connectivity index (χ2v) is 9.39. The van der Waals surface area contributed by atoms with E-state index < -0.39 is 30.3 Å². The predicted molar refractivity (Wildman–Crippen MR) is 100 cm³/mol. The van der Waals surface area contributed by atoms with E-state index in [1.165, 1.54) is 20.3 Å². The number of rotatable bonds is 6. The summed E-state index contributed by atoms with van der Waals surface area (Å²) in [5, 5.41) is 11.8. The van der Waals surface area contributed by atoms with Crippen molar-refractivity contribution in [1.82, 2.24) is 0 Å². The van der Waals surface area contributed by atoms with Crippen LogP contribution in [-0.4, -0.2) is 31.0 Å². The number of benzene rings is 1. The highest BCUT2D eigenvalue weighted by molar-refractivity contribution is 7.58. The Balaban J connectivity index is 2.63. The smallest absolute Gasteiger partial charge is 0.360 e. The van der Waals surface area contributed by atoms with Gasteiger partial charge in [0.15, 0.2) is 0 Å². The van der Waals surface area contributed by atoms with Crippen molar-refractivity contribution in [2.75, 3.05) is 14.2 Å². The van der Waals surface area contributed by atoms with Gasteiger partial charge >= 0.3 is 7.60 Å². The van der Waals surface area contributed by atoms with Gasteiger partial charge in [0.1, 0.15) is 5.76 Å². The summed E-state index contributed by atoms with van der Waals surface area (Å²) in [6.45, 7) is 7.31. The number of nitro groups is 1. The predicted octanol–water partition coefficient (Wildman–Crippen LogP) is 4.96. The standard InChI is InChI=1S/C18H26NO7P/c1-12-17(27(22,23-5)24-6)14(11-16(25-12)26-18(2,3)4)13-9-7-8-10-15(13)19(20)21/h7-10,14,16H,11H2,1-6H3/t14-,16-/m0/s1. The van der Waals surface area contributed by atoms with Crippen LogP contribution in [0.1, 0.15) is 45.6 Å². The molecule has 1 aromatic rings. The van der Waals surface area contributed by atoms with E-state index in [0.717, 1.165) is 0 Å². The number of nitrogens with zero attached hydrogens (tertiary/aromatic N) is 1. The monoisotopic (exact) mass is 399 g/mol. The molecule has 0 saturated carbocycles. The summed E-state index contributed by atoms with van der Waals surface area (Å²) >= 11 is 0. The fourth-order valence-corrected chi connectivity index (χ4v) is 4.81. The number of ether oxygens (including phenoxy) is 2. The van der Waals surface area contributed by atoms with Crippen molar-refractivity contribution < 1.29 is 28.0 Å². The molecule has 0 fully saturated rings. The normalized spacial score (nSPS) is 21.1. The third kappa shape index (κ3) is 4.76. The quantitative estimate of drug-likeness (QED) is 0.379. The van der Waals surface area contributed by atoms with E-state index in [0.29, 0.717) is 11.3 Å². The summed E-state index contributed by atoms with van der Waals surface area (Å²) in [5.74, 6) is -0.288. The highest BCUT2D eigenvalue weighted by atomic mass is 31.2. The molecule has 0 N–H and O–H groups in total. The van der Waals surface area contributed by atoms with Gasteiger partial charge in [-0.1, -0.05) is 18.2 Å². The third-order valence-electron chi connectivity index (χ3n) is 4.20. The van der Waals surface area contributed by atoms with Crippen molar-refractivity contribution in [2.24, 2.45) is 0 Å². The molecule has 1 aliphatic heterocycles. The van der Waals surface area contributed by atoms with Crippen LogP contribution in [0.5, 0.6) is 0 Å². The summed E-state index contributed by atoms with van der Waals surface area (Å²) in [6, 6.07) is 6.36. The lowest BCUT2D eigenvalue weighted by Crippen LogP contribution is -2.34. The van der Waals surface area contributed by atoms with Crippen molar-refractivity contribution in [3.8, 4) is 0 Å². The van der Waals surface area contributed by atoms with E-state index in [1.54, 1.807) is 25.1 Å². The van der Waals surface area contributed by atoms with Gasteiger partial charge in [0.25, 0.3) is 5.69 Å². The average Bonchev–Trinajstić information content (AvgIpc) is 2.59. The minimum atomic E-state index is -3.69. The van der Waals surface area contributed by atoms with E-state index in [2.05, 4.69) is 0 Å². The SMILES string of the molecule is COP(=O)(OC)C1=C(C)O[C@@H](OC(C)(C)C)C[C@H]1c1ccccc1[N+](=O)[O-]. The van der Waals surface area contributed by atoms with Gasteiger partial charge in [-0.15, -0.1) is 0 Å². The van der Waals surface area contributed by atoms with Gasteiger partial charge in [-0.3, -0.25) is 14.7 Å². The molecule has 0 unspecified atom stereocenters. The van der Waals surface area contributed by atoms with E-state index in [9.17, 15) is 14.7 Å². The van der Waals surface area contributed by atoms with E-state index in [1.807, 2.05) is 20.8 Å². The molecule has 8 nitrogen and oxygen atoms in total. The molecule has 0 bridgehead atoms. The van der Waals surface area contributed by atoms with Gasteiger partial charge < -0.3 is 18.5 Å². The summed E-state index contributed by atoms with van der Waals surface area (Å²) in [4.78, 5) is 11.1. The van der Waals surface area contributed by atoms with E-state index >= 15 is 0 Å². The van der Waals surface area contributed by atoms with Gasteiger partial charge in [-0.25, -0.2) is 0 Å². The van der Waals surface area contributed by atoms with E-state index in [4.69, 9.17) is 18.5 Å². The molecule has 2 rings (SSSR count). The molecule has 9 heteroatoms. The summed E-state index contributed by atoms with van der Waals surface area (Å²) < 4.78 is 35.3. The van der Waals surface area contributed by atoms with Crippen molar-refractivity contribution in [3.05, 3.63) is 51.0 Å². The van der Waals surface area contributed by atoms with Gasteiger partial charge in [0.2, 0.25) is 6.29 Å². The van der Waals surface area contributed by atoms with Crippen molar-refractivity contribution in [3.63, 3.8) is 0 Å². The van der Waals surface area contributed by atoms with Crippen LogP contribution in [-0.2, 0) is 23.1 Å². The highest BCUT2D eigenvalue weighted by Crippen LogP contribution is 2.63. The summed E-state index contributed by atoms with van der Waals surface area (Å²) in [7, 11) is -1.13. The van der Waals surface area contributed by atoms with Crippen LogP contribution in [0.15, 0.2) is 35.3 Å². The Labute approximate surface area is 159 Å². The van der Waals surface area contributed by atoms with Crippen LogP contribution in [0, 0.1) is 10.1 Å². The topological polar surface area (TPSA) is 97.1 Å². The zero-order chi connectivity index (χ0) is 20.4. The fourth-order valence-electron chi connectivity index (χ4n) is 3.20. The molecule has 0 saturated heterocycles. The third-order valence-corrected chi connectivity index (χ3v) is 6.37. The number of hydrogen-bond acceptors (Lipinski definition) is 7. The number of para-hydroxylation sites is 1. The van der Waals surface area contributed by atoms with Crippen molar-refractivity contribution in [1.29, 1.82) is 0 Å². The molecule has 1 aromatic carbocycles. The second-order valence-electron chi connectivity index (χ2n) is 7.19. The first-order valence-electron chi connectivity index (χ1n) is 8.53. The Morgan fingerprint density at radius 1 is 1.22 bits per heavy atom. The lowest BCUT2D eigenvalue weighted by Gasteiger charge is -2.37. The minimum Gasteiger partial charge on any atom is -0.469 e. The number of nitro benzene ring substituents is 1. The Bertz CT molecular complexity index is 776. The average molecular weight is 399 g/mol. The molecule has 2 atom stereocenters. The van der Waals surface area contributed by atoms with Gasteiger partial charge in [-0.2, -0.15) is 0 Å². The van der Waals surface area contributed by atoms with Crippen molar-refractivity contribution >= 4 is 13.3 Å². The highest BCUT2D eigenvalue weighted by Gasteiger charge is 2.44. The Morgan fingerprint density at radius 3 is 2.33 bits per heavy atom. The van der Waals surface area contributed by atoms with E-state index in [-0.39, 0.29) is 17.4 Å². The Morgan fingerprint density at radius 2 is 1.81 bits per heavy atom. The van der Waals surface area contributed by atoms with Crippen LogP contribution in [0.25, 0.3) is 0 Å². The first-order chi connectivity index (χ1) is 12.5. The lowest BCUT2D eigenvalue weighted by molar-refractivity contribution is -0.385. The van der Waals surface area contributed by atoms with Gasteiger partial charge in [0, 0.05) is 38.2 Å². The maximum absolute atomic E-state index is 13.2. The molecule has 0 aliphatic carbocycles. The molecule has 0 spiro atoms. The molecule has 1 heterocycles. The van der Waals surface area contributed by atoms with Crippen LogP contribution < -0.4 is 0 Å². The Kier molecular flexibility index (Phi) is 6.47. The number of hydrogen-bond donors (Lipinski definition) is 0.